The Labute approximate surface area is 77.5 Å². The number of nitrogens with zero attached hydrogens (tertiary/aromatic N) is 1. The van der Waals surface area contributed by atoms with Crippen molar-refractivity contribution in [2.45, 2.75) is 6.04 Å². The maximum Gasteiger partial charge on any atom is 0.324 e. The summed E-state index contributed by atoms with van der Waals surface area (Å²) in [5, 5.41) is 5.64. The number of methoxy groups -OCH3 is 1. The second-order valence-corrected chi connectivity index (χ2v) is 2.33. The zero-order valence-electron chi connectivity index (χ0n) is 8.13. The van der Waals surface area contributed by atoms with Gasteiger partial charge in [-0.25, -0.2) is 0 Å². The molecule has 0 rings (SSSR count). The van der Waals surface area contributed by atoms with E-state index in [9.17, 15) is 4.79 Å². The lowest BCUT2D eigenvalue weighted by molar-refractivity contribution is -0.141. The summed E-state index contributed by atoms with van der Waals surface area (Å²) in [6.07, 6.45) is 0. The van der Waals surface area contributed by atoms with Gasteiger partial charge >= 0.3 is 5.97 Å². The number of hydrogen-bond acceptors (Lipinski definition) is 4. The van der Waals surface area contributed by atoms with Crippen molar-refractivity contribution >= 4 is 11.9 Å². The SMILES string of the molecule is CN=C(NC)NCC(N)C(=O)OC. The molecule has 1 unspecified atom stereocenters. The van der Waals surface area contributed by atoms with Crippen LogP contribution in [0.5, 0.6) is 0 Å². The Bertz CT molecular complexity index is 193. The van der Waals surface area contributed by atoms with E-state index in [1.54, 1.807) is 14.1 Å². The van der Waals surface area contributed by atoms with E-state index in [0.29, 0.717) is 12.5 Å². The van der Waals surface area contributed by atoms with Crippen LogP contribution in [0.15, 0.2) is 4.99 Å². The zero-order valence-corrected chi connectivity index (χ0v) is 8.13. The van der Waals surface area contributed by atoms with Crippen LogP contribution in [-0.4, -0.2) is 45.7 Å². The molecule has 6 nitrogen and oxygen atoms in total. The summed E-state index contributed by atoms with van der Waals surface area (Å²) < 4.78 is 4.45. The average Bonchev–Trinajstić information content (AvgIpc) is 2.17. The highest BCUT2D eigenvalue weighted by Crippen LogP contribution is 1.80. The third-order valence-corrected chi connectivity index (χ3v) is 1.45. The first-order chi connectivity index (χ1) is 6.15. The highest BCUT2D eigenvalue weighted by atomic mass is 16.5. The van der Waals surface area contributed by atoms with Crippen molar-refractivity contribution in [1.29, 1.82) is 0 Å². The zero-order chi connectivity index (χ0) is 10.3. The van der Waals surface area contributed by atoms with Crippen LogP contribution in [0.2, 0.25) is 0 Å². The summed E-state index contributed by atoms with van der Waals surface area (Å²) >= 11 is 0. The molecular formula is C7H16N4O2. The van der Waals surface area contributed by atoms with Gasteiger partial charge in [-0.05, 0) is 0 Å². The Balaban J connectivity index is 3.81. The second-order valence-electron chi connectivity index (χ2n) is 2.33. The predicted octanol–water partition coefficient (Wildman–Crippen LogP) is -1.72. The number of aliphatic imine (C=N–C) groups is 1. The smallest absolute Gasteiger partial charge is 0.324 e. The van der Waals surface area contributed by atoms with Gasteiger partial charge in [0.05, 0.1) is 7.11 Å². The molecule has 0 heterocycles. The molecule has 0 fully saturated rings. The molecular weight excluding hydrogens is 172 g/mol. The van der Waals surface area contributed by atoms with Gasteiger partial charge in [0.25, 0.3) is 0 Å². The molecule has 0 aliphatic carbocycles. The molecule has 4 N–H and O–H groups in total. The van der Waals surface area contributed by atoms with Crippen LogP contribution in [0.3, 0.4) is 0 Å². The molecule has 76 valence electrons. The first-order valence-corrected chi connectivity index (χ1v) is 3.87. The van der Waals surface area contributed by atoms with Crippen LogP contribution < -0.4 is 16.4 Å². The molecule has 0 aliphatic rings. The summed E-state index contributed by atoms with van der Waals surface area (Å²) in [5.41, 5.74) is 5.47. The van der Waals surface area contributed by atoms with E-state index in [4.69, 9.17) is 5.73 Å². The van der Waals surface area contributed by atoms with Crippen LogP contribution >= 0.6 is 0 Å². The van der Waals surface area contributed by atoms with Crippen LogP contribution in [0.4, 0.5) is 0 Å². The number of carbonyl (C=O) groups is 1. The van der Waals surface area contributed by atoms with Crippen molar-refractivity contribution in [1.82, 2.24) is 10.6 Å². The maximum absolute atomic E-state index is 10.9. The monoisotopic (exact) mass is 188 g/mol. The Morgan fingerprint density at radius 3 is 2.69 bits per heavy atom. The number of nitrogens with one attached hydrogen (secondary N) is 2. The minimum atomic E-state index is -0.671. The van der Waals surface area contributed by atoms with Gasteiger partial charge in [-0.1, -0.05) is 0 Å². The first kappa shape index (κ1) is 11.7. The fourth-order valence-electron chi connectivity index (χ4n) is 0.721. The van der Waals surface area contributed by atoms with Gasteiger partial charge in [0, 0.05) is 20.6 Å². The van der Waals surface area contributed by atoms with E-state index in [-0.39, 0.29) is 0 Å². The highest BCUT2D eigenvalue weighted by molar-refractivity contribution is 5.81. The third kappa shape index (κ3) is 4.32. The summed E-state index contributed by atoms with van der Waals surface area (Å²) in [6, 6.07) is -0.671. The van der Waals surface area contributed by atoms with Crippen LogP contribution in [-0.2, 0) is 9.53 Å². The molecule has 13 heavy (non-hydrogen) atoms. The molecule has 0 spiro atoms. The van der Waals surface area contributed by atoms with E-state index in [0.717, 1.165) is 0 Å². The quantitative estimate of drug-likeness (QED) is 0.278. The predicted molar refractivity (Wildman–Crippen MR) is 50.4 cm³/mol. The van der Waals surface area contributed by atoms with Gasteiger partial charge in [0.1, 0.15) is 6.04 Å². The molecule has 0 aliphatic heterocycles. The van der Waals surface area contributed by atoms with Crippen molar-refractivity contribution in [2.75, 3.05) is 27.7 Å². The van der Waals surface area contributed by atoms with Crippen LogP contribution in [0, 0.1) is 0 Å². The van der Waals surface area contributed by atoms with Crippen molar-refractivity contribution in [2.24, 2.45) is 10.7 Å². The number of carbonyl (C=O) groups excluding carboxylic acids is 1. The van der Waals surface area contributed by atoms with Crippen molar-refractivity contribution < 1.29 is 9.53 Å². The molecule has 0 aromatic carbocycles. The minimum absolute atomic E-state index is 0.292. The second kappa shape index (κ2) is 6.24. The molecule has 0 aromatic rings. The number of hydrogen-bond donors (Lipinski definition) is 3. The van der Waals surface area contributed by atoms with Gasteiger partial charge in [-0.2, -0.15) is 0 Å². The van der Waals surface area contributed by atoms with Crippen molar-refractivity contribution in [3.05, 3.63) is 0 Å². The van der Waals surface area contributed by atoms with Gasteiger partial charge in [0.2, 0.25) is 0 Å². The molecule has 0 radical (unpaired) electrons. The molecule has 6 heteroatoms. The van der Waals surface area contributed by atoms with E-state index in [1.165, 1.54) is 7.11 Å². The van der Waals surface area contributed by atoms with Crippen LogP contribution in [0.25, 0.3) is 0 Å². The number of nitrogens with two attached hydrogens (primary N) is 1. The van der Waals surface area contributed by atoms with Crippen LogP contribution in [0.1, 0.15) is 0 Å². The average molecular weight is 188 g/mol. The largest absolute Gasteiger partial charge is 0.468 e. The minimum Gasteiger partial charge on any atom is -0.468 e. The lowest BCUT2D eigenvalue weighted by atomic mass is 10.3. The van der Waals surface area contributed by atoms with E-state index >= 15 is 0 Å². The van der Waals surface area contributed by atoms with Gasteiger partial charge < -0.3 is 21.1 Å². The summed E-state index contributed by atoms with van der Waals surface area (Å²) in [5.74, 6) is 0.137. The number of guanidine groups is 1. The molecule has 0 aromatic heterocycles. The van der Waals surface area contributed by atoms with E-state index < -0.39 is 12.0 Å². The molecule has 0 amide bonds. The van der Waals surface area contributed by atoms with Crippen molar-refractivity contribution in [3.8, 4) is 0 Å². The number of rotatable bonds is 3. The van der Waals surface area contributed by atoms with E-state index in [2.05, 4.69) is 20.4 Å². The standard InChI is InChI=1S/C7H16N4O2/c1-9-7(10-2)11-4-5(8)6(12)13-3/h5H,4,8H2,1-3H3,(H2,9,10,11). The lowest BCUT2D eigenvalue weighted by Crippen LogP contribution is -2.46. The Hall–Kier alpha value is -1.30. The maximum atomic E-state index is 10.9. The van der Waals surface area contributed by atoms with E-state index in [1.807, 2.05) is 0 Å². The molecule has 0 bridgehead atoms. The van der Waals surface area contributed by atoms with Gasteiger partial charge in [-0.15, -0.1) is 0 Å². The lowest BCUT2D eigenvalue weighted by Gasteiger charge is -2.12. The fraction of sp³-hybridized carbons (Fsp3) is 0.714. The normalized spacial score (nSPS) is 13.4. The Kier molecular flexibility index (Phi) is 5.62. The Morgan fingerprint density at radius 2 is 2.31 bits per heavy atom. The molecule has 1 atom stereocenters. The van der Waals surface area contributed by atoms with Gasteiger partial charge in [0.15, 0.2) is 5.96 Å². The third-order valence-electron chi connectivity index (χ3n) is 1.45. The topological polar surface area (TPSA) is 88.7 Å². The summed E-state index contributed by atoms with van der Waals surface area (Å²) in [6.45, 7) is 0.292. The first-order valence-electron chi connectivity index (χ1n) is 3.87. The fourth-order valence-corrected chi connectivity index (χ4v) is 0.721. The van der Waals surface area contributed by atoms with Gasteiger partial charge in [-0.3, -0.25) is 9.79 Å². The Morgan fingerprint density at radius 1 is 1.69 bits per heavy atom. The highest BCUT2D eigenvalue weighted by Gasteiger charge is 2.13. The van der Waals surface area contributed by atoms with Crippen molar-refractivity contribution in [3.63, 3.8) is 0 Å². The molecule has 0 saturated carbocycles. The molecule has 0 saturated heterocycles. The number of esters is 1. The summed E-state index contributed by atoms with van der Waals surface area (Å²) in [4.78, 5) is 14.7. The number of ether oxygens (including phenoxy) is 1. The summed E-state index contributed by atoms with van der Waals surface area (Å²) in [7, 11) is 4.65.